The van der Waals surface area contributed by atoms with Crippen LogP contribution >= 0.6 is 0 Å². The smallest absolute Gasteiger partial charge is 0.251 e. The maximum absolute atomic E-state index is 12.3. The molecule has 0 radical (unpaired) electrons. The number of para-hydroxylation sites is 1. The first-order chi connectivity index (χ1) is 12.2. The summed E-state index contributed by atoms with van der Waals surface area (Å²) in [7, 11) is 3.13. The van der Waals surface area contributed by atoms with Crippen LogP contribution in [0, 0.1) is 0 Å². The molecule has 0 spiro atoms. The number of rotatable bonds is 7. The summed E-state index contributed by atoms with van der Waals surface area (Å²) in [5.74, 6) is 1.05. The fourth-order valence-corrected chi connectivity index (χ4v) is 2.87. The van der Waals surface area contributed by atoms with E-state index in [1.807, 2.05) is 12.1 Å². The fourth-order valence-electron chi connectivity index (χ4n) is 2.87. The zero-order chi connectivity index (χ0) is 17.6. The van der Waals surface area contributed by atoms with Gasteiger partial charge in [0.2, 0.25) is 0 Å². The van der Waals surface area contributed by atoms with E-state index in [2.05, 4.69) is 34.3 Å². The lowest BCUT2D eigenvalue weighted by Crippen LogP contribution is -2.25. The lowest BCUT2D eigenvalue weighted by molar-refractivity contribution is 0.0952. The highest BCUT2D eigenvalue weighted by Crippen LogP contribution is 2.27. The molecule has 0 unspecified atom stereocenters. The van der Waals surface area contributed by atoms with Gasteiger partial charge in [-0.3, -0.25) is 4.79 Å². The molecule has 2 aromatic carbocycles. The second kappa shape index (κ2) is 7.75. The molecule has 0 saturated carbocycles. The largest absolute Gasteiger partial charge is 0.493 e. The average molecular weight is 338 g/mol. The van der Waals surface area contributed by atoms with Crippen LogP contribution < -0.4 is 14.8 Å². The second-order valence-corrected chi connectivity index (χ2v) is 5.75. The first-order valence-corrected chi connectivity index (χ1v) is 8.27. The molecule has 130 valence electrons. The van der Waals surface area contributed by atoms with E-state index < -0.39 is 0 Å². The molecule has 0 bridgehead atoms. The molecule has 0 aliphatic heterocycles. The van der Waals surface area contributed by atoms with Crippen LogP contribution in [0.5, 0.6) is 11.5 Å². The van der Waals surface area contributed by atoms with E-state index >= 15 is 0 Å². The van der Waals surface area contributed by atoms with Crippen molar-refractivity contribution in [2.45, 2.75) is 13.0 Å². The topological polar surface area (TPSA) is 52.5 Å². The molecule has 0 aliphatic rings. The SMILES string of the molecule is COc1ccc(C(=O)NCCCn2ccc3ccccc32)cc1OC. The molecule has 0 fully saturated rings. The predicted molar refractivity (Wildman–Crippen MR) is 98.4 cm³/mol. The monoisotopic (exact) mass is 338 g/mol. The van der Waals surface area contributed by atoms with Gasteiger partial charge in [-0.05, 0) is 42.1 Å². The van der Waals surface area contributed by atoms with Crippen LogP contribution in [-0.4, -0.2) is 31.2 Å². The van der Waals surface area contributed by atoms with E-state index in [-0.39, 0.29) is 5.91 Å². The molecule has 1 amide bonds. The molecule has 0 aliphatic carbocycles. The van der Waals surface area contributed by atoms with Crippen LogP contribution in [0.4, 0.5) is 0 Å². The van der Waals surface area contributed by atoms with E-state index in [0.29, 0.717) is 23.6 Å². The van der Waals surface area contributed by atoms with Crippen LogP contribution in [0.1, 0.15) is 16.8 Å². The fraction of sp³-hybridized carbons (Fsp3) is 0.250. The Kier molecular flexibility index (Phi) is 5.23. The summed E-state index contributed by atoms with van der Waals surface area (Å²) in [5.41, 5.74) is 1.78. The minimum absolute atomic E-state index is 0.113. The maximum Gasteiger partial charge on any atom is 0.251 e. The summed E-state index contributed by atoms with van der Waals surface area (Å²) in [6.07, 6.45) is 2.94. The van der Waals surface area contributed by atoms with Gasteiger partial charge < -0.3 is 19.4 Å². The standard InChI is InChI=1S/C20H22N2O3/c1-24-18-9-8-16(14-19(18)25-2)20(23)21-11-5-12-22-13-10-15-6-3-4-7-17(15)22/h3-4,6-10,13-14H,5,11-12H2,1-2H3,(H,21,23). The van der Waals surface area contributed by atoms with E-state index in [1.54, 1.807) is 32.4 Å². The molecule has 3 aromatic rings. The number of nitrogens with one attached hydrogen (secondary N) is 1. The maximum atomic E-state index is 12.3. The molecule has 1 aromatic heterocycles. The van der Waals surface area contributed by atoms with Gasteiger partial charge in [0.05, 0.1) is 14.2 Å². The van der Waals surface area contributed by atoms with Gasteiger partial charge in [-0.15, -0.1) is 0 Å². The number of ether oxygens (including phenoxy) is 2. The van der Waals surface area contributed by atoms with E-state index in [9.17, 15) is 4.79 Å². The highest BCUT2D eigenvalue weighted by molar-refractivity contribution is 5.94. The third-order valence-electron chi connectivity index (χ3n) is 4.19. The Hall–Kier alpha value is -2.95. The Bertz CT molecular complexity index is 870. The lowest BCUT2D eigenvalue weighted by atomic mass is 10.2. The van der Waals surface area contributed by atoms with Crippen LogP contribution in [0.2, 0.25) is 0 Å². The molecule has 5 nitrogen and oxygen atoms in total. The van der Waals surface area contributed by atoms with Gasteiger partial charge in [-0.1, -0.05) is 18.2 Å². The summed E-state index contributed by atoms with van der Waals surface area (Å²) in [4.78, 5) is 12.3. The van der Waals surface area contributed by atoms with Crippen LogP contribution in [0.3, 0.4) is 0 Å². The molecular formula is C20H22N2O3. The summed E-state index contributed by atoms with van der Waals surface area (Å²) in [5, 5.41) is 4.18. The minimum Gasteiger partial charge on any atom is -0.493 e. The van der Waals surface area contributed by atoms with Crippen LogP contribution in [0.15, 0.2) is 54.7 Å². The van der Waals surface area contributed by atoms with Crippen molar-refractivity contribution in [3.63, 3.8) is 0 Å². The zero-order valence-electron chi connectivity index (χ0n) is 14.5. The Morgan fingerprint density at radius 2 is 1.84 bits per heavy atom. The zero-order valence-corrected chi connectivity index (χ0v) is 14.5. The Balaban J connectivity index is 1.54. The summed E-state index contributed by atoms with van der Waals surface area (Å²) in [6, 6.07) is 15.6. The number of carbonyl (C=O) groups excluding carboxylic acids is 1. The number of benzene rings is 2. The van der Waals surface area contributed by atoms with Crippen LogP contribution in [0.25, 0.3) is 10.9 Å². The summed E-state index contributed by atoms with van der Waals surface area (Å²) in [6.45, 7) is 1.47. The van der Waals surface area contributed by atoms with Crippen molar-refractivity contribution < 1.29 is 14.3 Å². The number of nitrogens with zero attached hydrogens (tertiary/aromatic N) is 1. The van der Waals surface area contributed by atoms with Gasteiger partial charge in [0.15, 0.2) is 11.5 Å². The average Bonchev–Trinajstić information content (AvgIpc) is 3.07. The lowest BCUT2D eigenvalue weighted by Gasteiger charge is -2.10. The minimum atomic E-state index is -0.113. The molecule has 25 heavy (non-hydrogen) atoms. The van der Waals surface area contributed by atoms with Crippen molar-refractivity contribution in [1.29, 1.82) is 0 Å². The molecule has 5 heteroatoms. The van der Waals surface area contributed by atoms with Gasteiger partial charge in [0, 0.05) is 30.4 Å². The number of fused-ring (bicyclic) bond motifs is 1. The normalized spacial score (nSPS) is 10.6. The van der Waals surface area contributed by atoms with Crippen molar-refractivity contribution in [1.82, 2.24) is 9.88 Å². The molecule has 0 atom stereocenters. The predicted octanol–water partition coefficient (Wildman–Crippen LogP) is 3.48. The van der Waals surface area contributed by atoms with Gasteiger partial charge in [0.1, 0.15) is 0 Å². The van der Waals surface area contributed by atoms with Crippen molar-refractivity contribution in [3.8, 4) is 11.5 Å². The Morgan fingerprint density at radius 1 is 1.04 bits per heavy atom. The second-order valence-electron chi connectivity index (χ2n) is 5.75. The quantitative estimate of drug-likeness (QED) is 0.671. The summed E-state index contributed by atoms with van der Waals surface area (Å²) >= 11 is 0. The number of hydrogen-bond donors (Lipinski definition) is 1. The third-order valence-corrected chi connectivity index (χ3v) is 4.19. The third kappa shape index (κ3) is 3.76. The number of aromatic nitrogens is 1. The highest BCUT2D eigenvalue weighted by atomic mass is 16.5. The Labute approximate surface area is 147 Å². The van der Waals surface area contributed by atoms with Gasteiger partial charge in [0.25, 0.3) is 5.91 Å². The van der Waals surface area contributed by atoms with Gasteiger partial charge >= 0.3 is 0 Å². The summed E-state index contributed by atoms with van der Waals surface area (Å²) < 4.78 is 12.6. The van der Waals surface area contributed by atoms with Gasteiger partial charge in [-0.2, -0.15) is 0 Å². The molecule has 3 rings (SSSR count). The first kappa shape index (κ1) is 16.9. The van der Waals surface area contributed by atoms with E-state index in [4.69, 9.17) is 9.47 Å². The van der Waals surface area contributed by atoms with Crippen molar-refractivity contribution in [2.75, 3.05) is 20.8 Å². The van der Waals surface area contributed by atoms with Crippen molar-refractivity contribution in [2.24, 2.45) is 0 Å². The highest BCUT2D eigenvalue weighted by Gasteiger charge is 2.10. The van der Waals surface area contributed by atoms with Crippen molar-refractivity contribution >= 4 is 16.8 Å². The number of carbonyl (C=O) groups is 1. The molecular weight excluding hydrogens is 316 g/mol. The number of hydrogen-bond acceptors (Lipinski definition) is 3. The Morgan fingerprint density at radius 3 is 2.64 bits per heavy atom. The van der Waals surface area contributed by atoms with Gasteiger partial charge in [-0.25, -0.2) is 0 Å². The van der Waals surface area contributed by atoms with E-state index in [1.165, 1.54) is 10.9 Å². The molecule has 1 N–H and O–H groups in total. The van der Waals surface area contributed by atoms with Crippen LogP contribution in [-0.2, 0) is 6.54 Å². The first-order valence-electron chi connectivity index (χ1n) is 8.27. The van der Waals surface area contributed by atoms with E-state index in [0.717, 1.165) is 13.0 Å². The molecule has 1 heterocycles. The van der Waals surface area contributed by atoms with Crippen molar-refractivity contribution in [3.05, 3.63) is 60.3 Å². The number of methoxy groups -OCH3 is 2. The number of amides is 1. The number of aryl methyl sites for hydroxylation is 1. The molecule has 0 saturated heterocycles.